The molecule has 0 saturated carbocycles. The van der Waals surface area contributed by atoms with Crippen LogP contribution < -0.4 is 0 Å². The van der Waals surface area contributed by atoms with Crippen molar-refractivity contribution in [2.24, 2.45) is 0 Å². The minimum Gasteiger partial charge on any atom is -0.481 e. The highest BCUT2D eigenvalue weighted by molar-refractivity contribution is 7.00. The van der Waals surface area contributed by atoms with Crippen molar-refractivity contribution < 1.29 is 14.5 Å². The quantitative estimate of drug-likeness (QED) is 0.455. The highest BCUT2D eigenvalue weighted by Gasteiger charge is 1.65. The van der Waals surface area contributed by atoms with Crippen LogP contribution in [0.1, 0.15) is 6.92 Å². The first kappa shape index (κ1) is 9.13. The van der Waals surface area contributed by atoms with Gasteiger partial charge < -0.3 is 5.11 Å². The summed E-state index contributed by atoms with van der Waals surface area (Å²) in [6.07, 6.45) is 0. The molecule has 0 aliphatic rings. The average molecular weight is 109 g/mol. The maximum absolute atomic E-state index is 9.00. The van der Waals surface area contributed by atoms with Gasteiger partial charge in [-0.25, -0.2) is 0 Å². The third-order valence-corrected chi connectivity index (χ3v) is 0. The van der Waals surface area contributed by atoms with Gasteiger partial charge in [-0.05, 0) is 0 Å². The molecule has 1 N–H and O–H groups in total. The number of rotatable bonds is 0. The fourth-order valence-corrected chi connectivity index (χ4v) is 0. The zero-order valence-corrected chi connectivity index (χ0v) is 4.50. The molecular formula is C2H6O3P+. The third-order valence-electron chi connectivity index (χ3n) is 0. The lowest BCUT2D eigenvalue weighted by molar-refractivity contribution is -0.134. The molecule has 3 nitrogen and oxygen atoms in total. The van der Waals surface area contributed by atoms with Crippen LogP contribution in [-0.2, 0) is 9.36 Å². The second kappa shape index (κ2) is 8.82. The van der Waals surface area contributed by atoms with Gasteiger partial charge in [0.2, 0.25) is 0 Å². The molecule has 0 bridgehead atoms. The summed E-state index contributed by atoms with van der Waals surface area (Å²) < 4.78 is 8.17. The average Bonchev–Trinajstić information content (AvgIpc) is 1.41. The van der Waals surface area contributed by atoms with Crippen molar-refractivity contribution in [1.29, 1.82) is 0 Å². The van der Waals surface area contributed by atoms with Gasteiger partial charge in [0.25, 0.3) is 5.97 Å². The minimum absolute atomic E-state index is 0.833. The summed E-state index contributed by atoms with van der Waals surface area (Å²) in [5.74, 6) is -0.833. The first-order valence-corrected chi connectivity index (χ1v) is 1.63. The molecule has 0 aliphatic carbocycles. The van der Waals surface area contributed by atoms with Crippen LogP contribution in [0.15, 0.2) is 0 Å². The summed E-state index contributed by atoms with van der Waals surface area (Å²) in [6, 6.07) is 0. The topological polar surface area (TPSA) is 54.4 Å². The van der Waals surface area contributed by atoms with Crippen LogP contribution in [0, 0.1) is 0 Å². The lowest BCUT2D eigenvalue weighted by Crippen LogP contribution is -1.78. The van der Waals surface area contributed by atoms with Gasteiger partial charge in [0.05, 0.1) is 0 Å². The summed E-state index contributed by atoms with van der Waals surface area (Å²) >= 11 is 0. The highest BCUT2D eigenvalue weighted by atomic mass is 31.0. The number of hydrogen-bond acceptors (Lipinski definition) is 2. The molecule has 0 aromatic heterocycles. The third kappa shape index (κ3) is 128. The summed E-state index contributed by atoms with van der Waals surface area (Å²) in [5.41, 5.74) is 0. The molecule has 0 spiro atoms. The van der Waals surface area contributed by atoms with Crippen molar-refractivity contribution in [3.05, 3.63) is 0 Å². The van der Waals surface area contributed by atoms with E-state index in [2.05, 4.69) is 0 Å². The first-order valence-electron chi connectivity index (χ1n) is 1.16. The molecule has 0 aromatic carbocycles. The van der Waals surface area contributed by atoms with Gasteiger partial charge in [-0.3, -0.25) is 4.79 Å². The van der Waals surface area contributed by atoms with E-state index in [0.717, 1.165) is 6.92 Å². The van der Waals surface area contributed by atoms with Crippen LogP contribution in [0.4, 0.5) is 0 Å². The second-order valence-corrected chi connectivity index (χ2v) is 0.519. The largest absolute Gasteiger partial charge is 0.481 e. The normalized spacial score (nSPS) is 4.83. The molecule has 0 fully saturated rings. The molecule has 0 aliphatic heterocycles. The Morgan fingerprint density at radius 1 is 1.67 bits per heavy atom. The molecule has 1 unspecified atom stereocenters. The summed E-state index contributed by atoms with van der Waals surface area (Å²) in [6.45, 7) is 1.08. The van der Waals surface area contributed by atoms with Gasteiger partial charge in [0, 0.05) is 6.92 Å². The molecular weight excluding hydrogens is 103 g/mol. The van der Waals surface area contributed by atoms with E-state index in [1.165, 1.54) is 9.12 Å². The van der Waals surface area contributed by atoms with Gasteiger partial charge in [-0.1, -0.05) is 4.57 Å². The fourth-order valence-electron chi connectivity index (χ4n) is 0. The van der Waals surface area contributed by atoms with Gasteiger partial charge in [-0.15, -0.1) is 0 Å². The van der Waals surface area contributed by atoms with Crippen molar-refractivity contribution in [2.45, 2.75) is 6.92 Å². The lowest BCUT2D eigenvalue weighted by Gasteiger charge is -1.59. The zero-order chi connectivity index (χ0) is 5.58. The molecule has 0 amide bonds. The Hall–Kier alpha value is -0.430. The monoisotopic (exact) mass is 109 g/mol. The molecule has 4 heteroatoms. The van der Waals surface area contributed by atoms with E-state index < -0.39 is 5.97 Å². The van der Waals surface area contributed by atoms with Gasteiger partial charge in [-0.2, -0.15) is 0 Å². The second-order valence-electron chi connectivity index (χ2n) is 0.519. The van der Waals surface area contributed by atoms with Crippen LogP contribution in [0.3, 0.4) is 0 Å². The van der Waals surface area contributed by atoms with E-state index in [4.69, 9.17) is 14.5 Å². The molecule has 36 valence electrons. The van der Waals surface area contributed by atoms with Crippen LogP contribution in [-0.4, -0.2) is 11.1 Å². The molecule has 0 saturated heterocycles. The number of carboxylic acid groups (broad SMARTS) is 1. The van der Waals surface area contributed by atoms with Crippen LogP contribution in [0.25, 0.3) is 0 Å². The molecule has 0 rings (SSSR count). The minimum atomic E-state index is -0.833. The smallest absolute Gasteiger partial charge is 0.310 e. The maximum Gasteiger partial charge on any atom is 0.310 e. The van der Waals surface area contributed by atoms with E-state index in [0.29, 0.717) is 0 Å². The van der Waals surface area contributed by atoms with E-state index in [9.17, 15) is 0 Å². The predicted molar refractivity (Wildman–Crippen MR) is 23.7 cm³/mol. The Balaban J connectivity index is 0. The van der Waals surface area contributed by atoms with Gasteiger partial charge in [0.15, 0.2) is 0 Å². The predicted octanol–water partition coefficient (Wildman–Crippen LogP) is 0.298. The summed E-state index contributed by atoms with van der Waals surface area (Å²) in [7, 11) is 1.17. The molecule has 0 aromatic rings. The van der Waals surface area contributed by atoms with E-state index in [1.54, 1.807) is 0 Å². The van der Waals surface area contributed by atoms with Crippen LogP contribution >= 0.6 is 9.12 Å². The number of aliphatic carboxylic acids is 1. The van der Waals surface area contributed by atoms with Crippen molar-refractivity contribution >= 4 is 15.1 Å². The molecule has 0 heterocycles. The van der Waals surface area contributed by atoms with E-state index >= 15 is 0 Å². The lowest BCUT2D eigenvalue weighted by atomic mass is 10.9. The number of carbonyl (C=O) groups is 1. The van der Waals surface area contributed by atoms with E-state index in [-0.39, 0.29) is 0 Å². The molecule has 1 atom stereocenters. The van der Waals surface area contributed by atoms with Gasteiger partial charge >= 0.3 is 9.12 Å². The standard InChI is InChI=1S/C2H4O2.H2OP/c1-2(3)4;1-2/h1H3,(H,3,4);2H2/q;+1. The number of hydrogen-bond donors (Lipinski definition) is 1. The Labute approximate surface area is 37.6 Å². The van der Waals surface area contributed by atoms with Crippen molar-refractivity contribution in [2.75, 3.05) is 0 Å². The highest BCUT2D eigenvalue weighted by Crippen LogP contribution is 1.42. The first-order chi connectivity index (χ1) is 2.73. The maximum atomic E-state index is 9.00. The SMILES string of the molecule is CC(=O)O.O=[PH2+]. The van der Waals surface area contributed by atoms with E-state index in [1.807, 2.05) is 0 Å². The van der Waals surface area contributed by atoms with Crippen LogP contribution in [0.2, 0.25) is 0 Å². The van der Waals surface area contributed by atoms with Crippen molar-refractivity contribution in [3.8, 4) is 0 Å². The summed E-state index contributed by atoms with van der Waals surface area (Å²) in [5, 5.41) is 7.42. The van der Waals surface area contributed by atoms with Gasteiger partial charge in [0.1, 0.15) is 0 Å². The zero-order valence-electron chi connectivity index (χ0n) is 3.34. The fraction of sp³-hybridized carbons (Fsp3) is 0.500. The molecule has 0 radical (unpaired) electrons. The Bertz CT molecular complexity index is 40.1. The van der Waals surface area contributed by atoms with Crippen LogP contribution in [0.5, 0.6) is 0 Å². The van der Waals surface area contributed by atoms with Crippen molar-refractivity contribution in [1.82, 2.24) is 0 Å². The van der Waals surface area contributed by atoms with Crippen molar-refractivity contribution in [3.63, 3.8) is 0 Å². The summed E-state index contributed by atoms with van der Waals surface area (Å²) in [4.78, 5) is 9.00. The Morgan fingerprint density at radius 3 is 1.67 bits per heavy atom. The Morgan fingerprint density at radius 2 is 1.67 bits per heavy atom. The number of carboxylic acids is 1. The Kier molecular flexibility index (Phi) is 13.4. The molecule has 6 heavy (non-hydrogen) atoms.